The zero-order valence-corrected chi connectivity index (χ0v) is 17.6. The Hall–Kier alpha value is -2.26. The van der Waals surface area contributed by atoms with E-state index in [4.69, 9.17) is 5.73 Å². The average Bonchev–Trinajstić information content (AvgIpc) is 3.02. The standard InChI is InChI=1S/C20H20F2N4OS2/c1-9-3-5-12-15(7-9)29-19-16(12)17(23)25-20(26-19)28-10(2)18(27)24-14-8-11(21)4-6-13(14)22/h4,6,8-10H,3,5,7H2,1-2H3,(H,24,27)(H2,23,25,26). The number of anilines is 2. The van der Waals surface area contributed by atoms with Crippen LogP contribution in [-0.2, 0) is 17.6 Å². The van der Waals surface area contributed by atoms with Crippen molar-refractivity contribution in [2.24, 2.45) is 5.92 Å². The second kappa shape index (κ2) is 7.87. The summed E-state index contributed by atoms with van der Waals surface area (Å²) in [6, 6.07) is 2.92. The van der Waals surface area contributed by atoms with Crippen LogP contribution in [0.15, 0.2) is 23.4 Å². The van der Waals surface area contributed by atoms with Gasteiger partial charge < -0.3 is 11.1 Å². The van der Waals surface area contributed by atoms with Gasteiger partial charge in [0, 0.05) is 10.9 Å². The maximum Gasteiger partial charge on any atom is 0.237 e. The van der Waals surface area contributed by atoms with E-state index in [9.17, 15) is 13.6 Å². The van der Waals surface area contributed by atoms with Gasteiger partial charge in [-0.25, -0.2) is 18.7 Å². The molecule has 5 nitrogen and oxygen atoms in total. The summed E-state index contributed by atoms with van der Waals surface area (Å²) in [4.78, 5) is 23.6. The van der Waals surface area contributed by atoms with E-state index in [2.05, 4.69) is 22.2 Å². The highest BCUT2D eigenvalue weighted by Crippen LogP contribution is 2.40. The number of fused-ring (bicyclic) bond motifs is 3. The predicted octanol–water partition coefficient (Wildman–Crippen LogP) is 4.80. The van der Waals surface area contributed by atoms with Crippen molar-refractivity contribution in [1.29, 1.82) is 0 Å². The minimum Gasteiger partial charge on any atom is -0.383 e. The number of nitrogen functional groups attached to an aromatic ring is 1. The van der Waals surface area contributed by atoms with Crippen LogP contribution in [0.25, 0.3) is 10.2 Å². The quantitative estimate of drug-likeness (QED) is 0.456. The molecule has 0 saturated heterocycles. The number of hydrogen-bond acceptors (Lipinski definition) is 6. The summed E-state index contributed by atoms with van der Waals surface area (Å²) < 4.78 is 27.1. The molecule has 0 fully saturated rings. The van der Waals surface area contributed by atoms with Crippen molar-refractivity contribution in [1.82, 2.24) is 9.97 Å². The fraction of sp³-hybridized carbons (Fsp3) is 0.350. The van der Waals surface area contributed by atoms with Crippen LogP contribution in [0.4, 0.5) is 20.3 Å². The summed E-state index contributed by atoms with van der Waals surface area (Å²) in [6.07, 6.45) is 3.13. The first-order valence-corrected chi connectivity index (χ1v) is 11.0. The number of carbonyl (C=O) groups is 1. The highest BCUT2D eigenvalue weighted by atomic mass is 32.2. The van der Waals surface area contributed by atoms with Gasteiger partial charge in [0.2, 0.25) is 5.91 Å². The Balaban J connectivity index is 1.54. The molecule has 9 heteroatoms. The number of thioether (sulfide) groups is 1. The predicted molar refractivity (Wildman–Crippen MR) is 113 cm³/mol. The van der Waals surface area contributed by atoms with Crippen LogP contribution < -0.4 is 11.1 Å². The van der Waals surface area contributed by atoms with Gasteiger partial charge in [-0.1, -0.05) is 18.7 Å². The molecule has 0 bridgehead atoms. The van der Waals surface area contributed by atoms with Crippen LogP contribution in [0.2, 0.25) is 0 Å². The molecule has 2 unspecified atom stereocenters. The second-order valence-electron chi connectivity index (χ2n) is 7.30. The van der Waals surface area contributed by atoms with E-state index in [1.165, 1.54) is 10.4 Å². The molecule has 29 heavy (non-hydrogen) atoms. The third-order valence-electron chi connectivity index (χ3n) is 5.00. The van der Waals surface area contributed by atoms with E-state index in [0.717, 1.165) is 59.4 Å². The topological polar surface area (TPSA) is 80.9 Å². The van der Waals surface area contributed by atoms with Crippen LogP contribution in [-0.4, -0.2) is 21.1 Å². The molecule has 2 aromatic heterocycles. The van der Waals surface area contributed by atoms with Crippen molar-refractivity contribution in [3.05, 3.63) is 40.3 Å². The van der Waals surface area contributed by atoms with Gasteiger partial charge in [-0.15, -0.1) is 11.3 Å². The van der Waals surface area contributed by atoms with Gasteiger partial charge >= 0.3 is 0 Å². The van der Waals surface area contributed by atoms with Crippen molar-refractivity contribution < 1.29 is 13.6 Å². The number of halogens is 2. The lowest BCUT2D eigenvalue weighted by Crippen LogP contribution is -2.23. The fourth-order valence-corrected chi connectivity index (χ4v) is 5.67. The van der Waals surface area contributed by atoms with Gasteiger partial charge in [-0.3, -0.25) is 4.79 Å². The van der Waals surface area contributed by atoms with Crippen LogP contribution in [0, 0.1) is 17.6 Å². The van der Waals surface area contributed by atoms with Crippen molar-refractivity contribution in [3.8, 4) is 0 Å². The number of nitrogens with one attached hydrogen (secondary N) is 1. The van der Waals surface area contributed by atoms with E-state index in [-0.39, 0.29) is 5.69 Å². The number of nitrogens with two attached hydrogens (primary N) is 1. The second-order valence-corrected chi connectivity index (χ2v) is 9.69. The zero-order chi connectivity index (χ0) is 20.7. The Bertz CT molecular complexity index is 1100. The largest absolute Gasteiger partial charge is 0.383 e. The summed E-state index contributed by atoms with van der Waals surface area (Å²) in [5, 5.41) is 3.11. The number of carbonyl (C=O) groups excluding carboxylic acids is 1. The first kappa shape index (κ1) is 20.0. The van der Waals surface area contributed by atoms with Gasteiger partial charge in [0.15, 0.2) is 5.16 Å². The summed E-state index contributed by atoms with van der Waals surface area (Å²) in [6.45, 7) is 3.90. The molecule has 3 aromatic rings. The summed E-state index contributed by atoms with van der Waals surface area (Å²) in [5.74, 6) is -0.725. The molecular weight excluding hydrogens is 414 g/mol. The van der Waals surface area contributed by atoms with Crippen molar-refractivity contribution >= 4 is 50.7 Å². The number of amides is 1. The number of thiophene rings is 1. The van der Waals surface area contributed by atoms with Gasteiger partial charge in [0.05, 0.1) is 16.3 Å². The lowest BCUT2D eigenvalue weighted by molar-refractivity contribution is -0.115. The molecule has 3 N–H and O–H groups in total. The number of nitrogens with zero attached hydrogens (tertiary/aromatic N) is 2. The fourth-order valence-electron chi connectivity index (χ4n) is 3.44. The number of aromatic nitrogens is 2. The average molecular weight is 435 g/mol. The molecule has 0 spiro atoms. The lowest BCUT2D eigenvalue weighted by Gasteiger charge is -2.17. The maximum atomic E-state index is 13.8. The smallest absolute Gasteiger partial charge is 0.237 e. The van der Waals surface area contributed by atoms with E-state index in [1.807, 2.05) is 0 Å². The normalized spacial score (nSPS) is 17.2. The molecule has 2 heterocycles. The highest BCUT2D eigenvalue weighted by molar-refractivity contribution is 8.00. The lowest BCUT2D eigenvalue weighted by atomic mass is 9.89. The molecule has 152 valence electrons. The van der Waals surface area contributed by atoms with Crippen LogP contribution in [0.1, 0.15) is 30.7 Å². The minimum atomic E-state index is -0.697. The Morgan fingerprint density at radius 1 is 1.38 bits per heavy atom. The number of aryl methyl sites for hydroxylation is 1. The Kier molecular flexibility index (Phi) is 5.44. The molecule has 1 amide bonds. The van der Waals surface area contributed by atoms with Gasteiger partial charge in [0.25, 0.3) is 0 Å². The van der Waals surface area contributed by atoms with Crippen LogP contribution in [0.5, 0.6) is 0 Å². The third-order valence-corrected chi connectivity index (χ3v) is 7.11. The summed E-state index contributed by atoms with van der Waals surface area (Å²) >= 11 is 2.77. The molecule has 2 atom stereocenters. The monoisotopic (exact) mass is 434 g/mol. The zero-order valence-electron chi connectivity index (χ0n) is 16.0. The van der Waals surface area contributed by atoms with E-state index >= 15 is 0 Å². The number of benzene rings is 1. The van der Waals surface area contributed by atoms with Gasteiger partial charge in [-0.05, 0) is 49.8 Å². The maximum absolute atomic E-state index is 13.8. The SMILES string of the molecule is CC1CCc2c(sc3nc(SC(C)C(=O)Nc4cc(F)ccc4F)nc(N)c23)C1. The third kappa shape index (κ3) is 4.06. The molecule has 1 aliphatic carbocycles. The molecule has 0 saturated carbocycles. The molecule has 0 aliphatic heterocycles. The molecule has 4 rings (SSSR count). The molecule has 1 aliphatic rings. The molecule has 1 aromatic carbocycles. The summed E-state index contributed by atoms with van der Waals surface area (Å²) in [7, 11) is 0. The van der Waals surface area contributed by atoms with E-state index < -0.39 is 22.8 Å². The van der Waals surface area contributed by atoms with E-state index in [0.29, 0.717) is 16.9 Å². The number of hydrogen-bond donors (Lipinski definition) is 2. The Morgan fingerprint density at radius 2 is 2.17 bits per heavy atom. The highest BCUT2D eigenvalue weighted by Gasteiger charge is 2.24. The van der Waals surface area contributed by atoms with Crippen molar-refractivity contribution in [3.63, 3.8) is 0 Å². The molecular formula is C20H20F2N4OS2. The van der Waals surface area contributed by atoms with Crippen molar-refractivity contribution in [2.75, 3.05) is 11.1 Å². The first-order valence-electron chi connectivity index (χ1n) is 9.32. The Morgan fingerprint density at radius 3 is 2.97 bits per heavy atom. The Labute approximate surface area is 175 Å². The van der Waals surface area contributed by atoms with E-state index in [1.54, 1.807) is 18.3 Å². The first-order chi connectivity index (χ1) is 13.8. The van der Waals surface area contributed by atoms with Gasteiger partial charge in [0.1, 0.15) is 22.3 Å². The van der Waals surface area contributed by atoms with Crippen LogP contribution in [0.3, 0.4) is 0 Å². The van der Waals surface area contributed by atoms with Crippen molar-refractivity contribution in [2.45, 2.75) is 43.5 Å². The number of rotatable bonds is 4. The molecule has 0 radical (unpaired) electrons. The van der Waals surface area contributed by atoms with Gasteiger partial charge in [-0.2, -0.15) is 0 Å². The van der Waals surface area contributed by atoms with Crippen LogP contribution >= 0.6 is 23.1 Å². The minimum absolute atomic E-state index is 0.196. The summed E-state index contributed by atoms with van der Waals surface area (Å²) in [5.41, 5.74) is 7.28.